The van der Waals surface area contributed by atoms with E-state index < -0.39 is 5.41 Å². The van der Waals surface area contributed by atoms with Crippen molar-refractivity contribution in [2.45, 2.75) is 5.41 Å². The smallest absolute Gasteiger partial charge is 0.135 e. The van der Waals surface area contributed by atoms with E-state index in [0.717, 1.165) is 39.0 Å². The summed E-state index contributed by atoms with van der Waals surface area (Å²) in [4.78, 5) is 2.38. The van der Waals surface area contributed by atoms with Crippen LogP contribution in [-0.4, -0.2) is 0 Å². The number of furan rings is 1. The van der Waals surface area contributed by atoms with E-state index in [4.69, 9.17) is 4.42 Å². The van der Waals surface area contributed by atoms with Crippen molar-refractivity contribution in [2.24, 2.45) is 0 Å². The minimum absolute atomic E-state index is 0.585. The summed E-state index contributed by atoms with van der Waals surface area (Å²) in [6, 6.07) is 77.0. The van der Waals surface area contributed by atoms with Crippen LogP contribution >= 0.6 is 0 Å². The predicted molar refractivity (Wildman–Crippen MR) is 229 cm³/mol. The highest BCUT2D eigenvalue weighted by Crippen LogP contribution is 2.58. The minimum Gasteiger partial charge on any atom is -0.456 e. The first-order chi connectivity index (χ1) is 27.3. The topological polar surface area (TPSA) is 16.4 Å². The lowest BCUT2D eigenvalue weighted by Gasteiger charge is -2.35. The maximum atomic E-state index is 6.57. The monoisotopic (exact) mass is 701 g/mol. The summed E-state index contributed by atoms with van der Waals surface area (Å²) in [7, 11) is 0. The van der Waals surface area contributed by atoms with Crippen molar-refractivity contribution in [1.82, 2.24) is 0 Å². The molecule has 0 unspecified atom stereocenters. The van der Waals surface area contributed by atoms with E-state index in [9.17, 15) is 0 Å². The van der Waals surface area contributed by atoms with Crippen molar-refractivity contribution >= 4 is 49.8 Å². The van der Waals surface area contributed by atoms with E-state index in [1.165, 1.54) is 55.3 Å². The van der Waals surface area contributed by atoms with Gasteiger partial charge in [-0.25, -0.2) is 0 Å². The Bertz CT molecular complexity index is 2980. The van der Waals surface area contributed by atoms with Crippen LogP contribution in [0.25, 0.3) is 55.0 Å². The van der Waals surface area contributed by atoms with Gasteiger partial charge in [0.1, 0.15) is 11.2 Å². The van der Waals surface area contributed by atoms with Gasteiger partial charge in [-0.05, 0) is 116 Å². The van der Waals surface area contributed by atoms with Crippen molar-refractivity contribution in [3.05, 3.63) is 235 Å². The standard InChI is InChI=1S/C53H35NO/c1-4-16-40(17-5-1)53(41-18-6-2-7-19-41)49-33-44(30-31-45(49)47-34-48-46-22-12-13-23-51(46)55-52(48)35-50(47)53)54(42-20-8-3-9-21-42)43-28-26-37(27-29-43)39-25-24-36-14-10-11-15-38(36)32-39/h1-35H. The molecule has 0 N–H and O–H groups in total. The fourth-order valence-electron chi connectivity index (χ4n) is 9.03. The van der Waals surface area contributed by atoms with E-state index >= 15 is 0 Å². The Balaban J connectivity index is 1.14. The highest BCUT2D eigenvalue weighted by atomic mass is 16.3. The largest absolute Gasteiger partial charge is 0.456 e. The zero-order chi connectivity index (χ0) is 36.3. The quantitative estimate of drug-likeness (QED) is 0.172. The van der Waals surface area contributed by atoms with Crippen LogP contribution in [-0.2, 0) is 5.41 Å². The average Bonchev–Trinajstić information content (AvgIpc) is 3.76. The maximum Gasteiger partial charge on any atom is 0.135 e. The molecule has 55 heavy (non-hydrogen) atoms. The third kappa shape index (κ3) is 4.89. The molecule has 0 spiro atoms. The third-order valence-electron chi connectivity index (χ3n) is 11.5. The van der Waals surface area contributed by atoms with Gasteiger partial charge in [-0.2, -0.15) is 0 Å². The van der Waals surface area contributed by atoms with E-state index in [1.54, 1.807) is 0 Å². The van der Waals surface area contributed by atoms with Crippen molar-refractivity contribution in [3.8, 4) is 22.3 Å². The lowest BCUT2D eigenvalue weighted by atomic mass is 9.67. The first kappa shape index (κ1) is 31.4. The Hall–Kier alpha value is -7.16. The molecule has 11 rings (SSSR count). The summed E-state index contributed by atoms with van der Waals surface area (Å²) in [5.41, 5.74) is 14.3. The zero-order valence-corrected chi connectivity index (χ0v) is 30.1. The van der Waals surface area contributed by atoms with Crippen molar-refractivity contribution in [3.63, 3.8) is 0 Å². The second kappa shape index (κ2) is 12.5. The van der Waals surface area contributed by atoms with Crippen LogP contribution < -0.4 is 4.90 Å². The average molecular weight is 702 g/mol. The Kier molecular flexibility index (Phi) is 7.11. The summed E-state index contributed by atoms with van der Waals surface area (Å²) in [5, 5.41) is 4.77. The van der Waals surface area contributed by atoms with Crippen LogP contribution in [0, 0.1) is 0 Å². The van der Waals surface area contributed by atoms with Crippen LogP contribution in [0.4, 0.5) is 17.1 Å². The number of anilines is 3. The van der Waals surface area contributed by atoms with Gasteiger partial charge in [0.2, 0.25) is 0 Å². The van der Waals surface area contributed by atoms with Gasteiger partial charge in [0.25, 0.3) is 0 Å². The molecule has 9 aromatic carbocycles. The molecule has 0 bridgehead atoms. The Labute approximate surface area is 320 Å². The number of rotatable bonds is 6. The fraction of sp³-hybridized carbons (Fsp3) is 0.0189. The number of para-hydroxylation sites is 2. The summed E-state index contributed by atoms with van der Waals surface area (Å²) in [6.07, 6.45) is 0. The highest BCUT2D eigenvalue weighted by molar-refractivity contribution is 6.08. The molecule has 1 aromatic heterocycles. The molecule has 2 heteroatoms. The van der Waals surface area contributed by atoms with Crippen LogP contribution in [0.3, 0.4) is 0 Å². The van der Waals surface area contributed by atoms with Gasteiger partial charge in [0, 0.05) is 27.8 Å². The van der Waals surface area contributed by atoms with Gasteiger partial charge in [-0.3, -0.25) is 0 Å². The summed E-state index contributed by atoms with van der Waals surface area (Å²) in [6.45, 7) is 0. The van der Waals surface area contributed by atoms with Crippen LogP contribution in [0.15, 0.2) is 217 Å². The first-order valence-corrected chi connectivity index (χ1v) is 18.9. The molecule has 0 saturated carbocycles. The predicted octanol–water partition coefficient (Wildman–Crippen LogP) is 14.2. The third-order valence-corrected chi connectivity index (χ3v) is 11.5. The van der Waals surface area contributed by atoms with Crippen molar-refractivity contribution < 1.29 is 4.42 Å². The summed E-state index contributed by atoms with van der Waals surface area (Å²) < 4.78 is 6.57. The molecule has 1 aliphatic rings. The van der Waals surface area contributed by atoms with E-state index in [1.807, 2.05) is 6.07 Å². The molecule has 0 aliphatic heterocycles. The SMILES string of the molecule is c1ccc(N(c2ccc(-c3ccc4ccccc4c3)cc2)c2ccc3c(c2)C(c2ccccc2)(c2ccccc2)c2cc4oc5ccccc5c4cc2-3)cc1. The second-order valence-electron chi connectivity index (χ2n) is 14.5. The lowest BCUT2D eigenvalue weighted by Crippen LogP contribution is -2.28. The highest BCUT2D eigenvalue weighted by Gasteiger charge is 2.47. The molecule has 2 nitrogen and oxygen atoms in total. The molecule has 0 amide bonds. The van der Waals surface area contributed by atoms with E-state index in [0.29, 0.717) is 0 Å². The van der Waals surface area contributed by atoms with Crippen LogP contribution in [0.2, 0.25) is 0 Å². The number of nitrogens with zero attached hydrogens (tertiary/aromatic N) is 1. The number of hydrogen-bond acceptors (Lipinski definition) is 2. The Morgan fingerprint density at radius 3 is 1.67 bits per heavy atom. The molecular weight excluding hydrogens is 667 g/mol. The Morgan fingerprint density at radius 1 is 0.345 bits per heavy atom. The fourth-order valence-corrected chi connectivity index (χ4v) is 9.03. The van der Waals surface area contributed by atoms with Crippen LogP contribution in [0.5, 0.6) is 0 Å². The first-order valence-electron chi connectivity index (χ1n) is 18.9. The van der Waals surface area contributed by atoms with Crippen molar-refractivity contribution in [1.29, 1.82) is 0 Å². The zero-order valence-electron chi connectivity index (χ0n) is 30.1. The minimum atomic E-state index is -0.585. The molecule has 1 heterocycles. The van der Waals surface area contributed by atoms with Crippen LogP contribution in [0.1, 0.15) is 22.3 Å². The molecule has 0 fully saturated rings. The summed E-state index contributed by atoms with van der Waals surface area (Å²) in [5.74, 6) is 0. The maximum absolute atomic E-state index is 6.57. The normalized spacial score (nSPS) is 12.9. The summed E-state index contributed by atoms with van der Waals surface area (Å²) >= 11 is 0. The lowest BCUT2D eigenvalue weighted by molar-refractivity contribution is 0.666. The molecule has 10 aromatic rings. The Morgan fingerprint density at radius 2 is 0.927 bits per heavy atom. The molecule has 0 saturated heterocycles. The molecule has 258 valence electrons. The number of fused-ring (bicyclic) bond motifs is 7. The van der Waals surface area contributed by atoms with Gasteiger partial charge >= 0.3 is 0 Å². The van der Waals surface area contributed by atoms with E-state index in [-0.39, 0.29) is 0 Å². The van der Waals surface area contributed by atoms with E-state index in [2.05, 4.69) is 211 Å². The molecule has 1 aliphatic carbocycles. The molecule has 0 radical (unpaired) electrons. The van der Waals surface area contributed by atoms with Gasteiger partial charge < -0.3 is 9.32 Å². The molecule has 0 atom stereocenters. The van der Waals surface area contributed by atoms with Gasteiger partial charge in [0.05, 0.1) is 5.41 Å². The van der Waals surface area contributed by atoms with Gasteiger partial charge in [0.15, 0.2) is 0 Å². The van der Waals surface area contributed by atoms with Crippen molar-refractivity contribution in [2.75, 3.05) is 4.90 Å². The second-order valence-corrected chi connectivity index (χ2v) is 14.5. The number of hydrogen-bond donors (Lipinski definition) is 0. The van der Waals surface area contributed by atoms with Gasteiger partial charge in [-0.1, -0.05) is 152 Å². The molecular formula is C53H35NO. The van der Waals surface area contributed by atoms with Gasteiger partial charge in [-0.15, -0.1) is 0 Å². The number of benzene rings is 9.